The first-order chi connectivity index (χ1) is 9.08. The van der Waals surface area contributed by atoms with Crippen molar-refractivity contribution in [1.29, 1.82) is 0 Å². The third-order valence-corrected chi connectivity index (χ3v) is 3.98. The molecular formula is C15H16F2N2. The first-order valence-corrected chi connectivity index (χ1v) is 6.62. The number of hydrogen-bond acceptors (Lipinski definition) is 2. The molecule has 1 aliphatic carbocycles. The van der Waals surface area contributed by atoms with Crippen LogP contribution in [0.2, 0.25) is 0 Å². The molecule has 1 aromatic carbocycles. The van der Waals surface area contributed by atoms with E-state index in [0.29, 0.717) is 5.92 Å². The number of nitrogens with zero attached hydrogens (tertiary/aromatic N) is 1. The summed E-state index contributed by atoms with van der Waals surface area (Å²) in [4.78, 5) is 4.32. The number of hydrogen-bond donors (Lipinski definition) is 1. The molecule has 1 heterocycles. The van der Waals surface area contributed by atoms with Crippen molar-refractivity contribution in [2.75, 3.05) is 5.73 Å². The van der Waals surface area contributed by atoms with Crippen molar-refractivity contribution in [2.24, 2.45) is 0 Å². The van der Waals surface area contributed by atoms with Crippen molar-refractivity contribution in [1.82, 2.24) is 4.98 Å². The van der Waals surface area contributed by atoms with E-state index >= 15 is 0 Å². The largest absolute Gasteiger partial charge is 0.398 e. The zero-order chi connectivity index (χ0) is 13.6. The number of anilines is 1. The van der Waals surface area contributed by atoms with E-state index in [2.05, 4.69) is 4.98 Å². The number of halogens is 2. The van der Waals surface area contributed by atoms with Crippen molar-refractivity contribution in [3.8, 4) is 0 Å². The molecule has 2 aromatic rings. The van der Waals surface area contributed by atoms with Gasteiger partial charge in [-0.15, -0.1) is 0 Å². The number of pyridine rings is 1. The molecule has 2 N–H and O–H groups in total. The molecular weight excluding hydrogens is 246 g/mol. The first-order valence-electron chi connectivity index (χ1n) is 6.62. The van der Waals surface area contributed by atoms with Crippen LogP contribution in [0, 0.1) is 18.6 Å². The molecule has 0 aliphatic heterocycles. The Labute approximate surface area is 110 Å². The fraction of sp³-hybridized carbons (Fsp3) is 0.400. The van der Waals surface area contributed by atoms with Gasteiger partial charge in [-0.3, -0.25) is 0 Å². The highest BCUT2D eigenvalue weighted by Gasteiger charge is 2.22. The van der Waals surface area contributed by atoms with Crippen LogP contribution < -0.4 is 5.73 Å². The van der Waals surface area contributed by atoms with Crippen molar-refractivity contribution in [3.63, 3.8) is 0 Å². The maximum atomic E-state index is 14.1. The fourth-order valence-electron chi connectivity index (χ4n) is 2.94. The minimum Gasteiger partial charge on any atom is -0.398 e. The Morgan fingerprint density at radius 3 is 2.58 bits per heavy atom. The number of benzene rings is 1. The van der Waals surface area contributed by atoms with Gasteiger partial charge in [0.25, 0.3) is 0 Å². The van der Waals surface area contributed by atoms with E-state index in [9.17, 15) is 8.78 Å². The van der Waals surface area contributed by atoms with Crippen LogP contribution in [0.4, 0.5) is 14.5 Å². The molecule has 2 nitrogen and oxygen atoms in total. The molecule has 0 bridgehead atoms. The van der Waals surface area contributed by atoms with Crippen LogP contribution in [0.15, 0.2) is 12.1 Å². The Hall–Kier alpha value is -1.71. The second kappa shape index (κ2) is 4.44. The lowest BCUT2D eigenvalue weighted by atomic mass is 10.0. The Balaban J connectivity index is 2.25. The van der Waals surface area contributed by atoms with Gasteiger partial charge in [0.05, 0.1) is 5.39 Å². The van der Waals surface area contributed by atoms with Gasteiger partial charge in [-0.25, -0.2) is 13.8 Å². The SMILES string of the molecule is Cc1cc(F)c2nc(C3CCCC3)cc(N)c2c1F. The summed E-state index contributed by atoms with van der Waals surface area (Å²) in [6.07, 6.45) is 4.42. The Morgan fingerprint density at radius 1 is 1.21 bits per heavy atom. The molecule has 0 radical (unpaired) electrons. The predicted molar refractivity (Wildman–Crippen MR) is 72.0 cm³/mol. The van der Waals surface area contributed by atoms with Crippen molar-refractivity contribution in [2.45, 2.75) is 38.5 Å². The highest BCUT2D eigenvalue weighted by atomic mass is 19.1. The van der Waals surface area contributed by atoms with E-state index in [4.69, 9.17) is 5.73 Å². The smallest absolute Gasteiger partial charge is 0.149 e. The number of rotatable bonds is 1. The molecule has 0 atom stereocenters. The summed E-state index contributed by atoms with van der Waals surface area (Å²) in [6.45, 7) is 1.53. The molecule has 0 amide bonds. The molecule has 0 spiro atoms. The Kier molecular flexibility index (Phi) is 2.88. The van der Waals surface area contributed by atoms with Crippen LogP contribution in [0.3, 0.4) is 0 Å². The standard InChI is InChI=1S/C15H16F2N2/c1-8-6-10(16)15-13(14(8)17)11(18)7-12(19-15)9-4-2-3-5-9/h6-7,9H,2-5H2,1H3,(H2,18,19). The van der Waals surface area contributed by atoms with Gasteiger partial charge in [0.15, 0.2) is 0 Å². The van der Waals surface area contributed by atoms with Gasteiger partial charge in [0.2, 0.25) is 0 Å². The van der Waals surface area contributed by atoms with Gasteiger partial charge in [0, 0.05) is 17.3 Å². The van der Waals surface area contributed by atoms with E-state index in [-0.39, 0.29) is 22.2 Å². The van der Waals surface area contributed by atoms with E-state index in [0.717, 1.165) is 31.4 Å². The van der Waals surface area contributed by atoms with E-state index in [1.54, 1.807) is 6.07 Å². The van der Waals surface area contributed by atoms with Crippen molar-refractivity contribution in [3.05, 3.63) is 35.0 Å². The number of aromatic nitrogens is 1. The molecule has 0 unspecified atom stereocenters. The zero-order valence-corrected chi connectivity index (χ0v) is 10.8. The van der Waals surface area contributed by atoms with Gasteiger partial charge < -0.3 is 5.73 Å². The number of fused-ring (bicyclic) bond motifs is 1. The summed E-state index contributed by atoms with van der Waals surface area (Å²) >= 11 is 0. The molecule has 19 heavy (non-hydrogen) atoms. The highest BCUT2D eigenvalue weighted by molar-refractivity contribution is 5.91. The molecule has 0 saturated heterocycles. The highest BCUT2D eigenvalue weighted by Crippen LogP contribution is 2.36. The third-order valence-electron chi connectivity index (χ3n) is 3.98. The van der Waals surface area contributed by atoms with Crippen LogP contribution in [-0.2, 0) is 0 Å². The monoisotopic (exact) mass is 262 g/mol. The van der Waals surface area contributed by atoms with Crippen LogP contribution in [0.25, 0.3) is 10.9 Å². The fourth-order valence-corrected chi connectivity index (χ4v) is 2.94. The summed E-state index contributed by atoms with van der Waals surface area (Å²) < 4.78 is 28.1. The second-order valence-corrected chi connectivity index (χ2v) is 5.33. The molecule has 3 rings (SSSR count). The van der Waals surface area contributed by atoms with Gasteiger partial charge in [-0.2, -0.15) is 0 Å². The summed E-state index contributed by atoms with van der Waals surface area (Å²) in [5.74, 6) is -0.643. The molecule has 4 heteroatoms. The average Bonchev–Trinajstić information content (AvgIpc) is 2.89. The van der Waals surface area contributed by atoms with Crippen LogP contribution in [0.5, 0.6) is 0 Å². The van der Waals surface area contributed by atoms with Crippen molar-refractivity contribution >= 4 is 16.6 Å². The van der Waals surface area contributed by atoms with Gasteiger partial charge in [0.1, 0.15) is 17.2 Å². The molecule has 1 fully saturated rings. The zero-order valence-electron chi connectivity index (χ0n) is 10.8. The minimum atomic E-state index is -0.500. The van der Waals surface area contributed by atoms with Crippen LogP contribution in [0.1, 0.15) is 42.9 Å². The topological polar surface area (TPSA) is 38.9 Å². The van der Waals surface area contributed by atoms with E-state index in [1.807, 2.05) is 0 Å². The number of nitrogen functional groups attached to an aromatic ring is 1. The molecule has 1 saturated carbocycles. The lowest BCUT2D eigenvalue weighted by molar-refractivity contribution is 0.606. The lowest BCUT2D eigenvalue weighted by Crippen LogP contribution is -2.03. The maximum absolute atomic E-state index is 14.1. The van der Waals surface area contributed by atoms with Gasteiger partial charge in [-0.1, -0.05) is 12.8 Å². The number of aryl methyl sites for hydroxylation is 1. The molecule has 1 aromatic heterocycles. The molecule has 1 aliphatic rings. The molecule has 100 valence electrons. The van der Waals surface area contributed by atoms with Gasteiger partial charge in [-0.05, 0) is 37.5 Å². The predicted octanol–water partition coefficient (Wildman–Crippen LogP) is 4.06. The summed E-state index contributed by atoms with van der Waals surface area (Å²) in [5.41, 5.74) is 7.31. The summed E-state index contributed by atoms with van der Waals surface area (Å²) in [6, 6.07) is 2.89. The van der Waals surface area contributed by atoms with Gasteiger partial charge >= 0.3 is 0 Å². The normalized spacial score (nSPS) is 16.4. The second-order valence-electron chi connectivity index (χ2n) is 5.33. The third kappa shape index (κ3) is 1.95. The van der Waals surface area contributed by atoms with Crippen molar-refractivity contribution < 1.29 is 8.78 Å². The lowest BCUT2D eigenvalue weighted by Gasteiger charge is -2.13. The minimum absolute atomic E-state index is 0.0602. The quantitative estimate of drug-likeness (QED) is 0.841. The van der Waals surface area contributed by atoms with Crippen LogP contribution >= 0.6 is 0 Å². The van der Waals surface area contributed by atoms with E-state index < -0.39 is 11.6 Å². The van der Waals surface area contributed by atoms with E-state index in [1.165, 1.54) is 13.0 Å². The summed E-state index contributed by atoms with van der Waals surface area (Å²) in [5, 5.41) is 0.110. The van der Waals surface area contributed by atoms with Crippen LogP contribution in [-0.4, -0.2) is 4.98 Å². The average molecular weight is 262 g/mol. The number of nitrogens with two attached hydrogens (primary N) is 1. The maximum Gasteiger partial charge on any atom is 0.149 e. The Morgan fingerprint density at radius 2 is 1.89 bits per heavy atom. The Bertz CT molecular complexity index is 646. The summed E-state index contributed by atoms with van der Waals surface area (Å²) in [7, 11) is 0. The first kappa shape index (κ1) is 12.3.